The molecule has 0 unspecified atom stereocenters. The van der Waals surface area contributed by atoms with Crippen molar-refractivity contribution < 1.29 is 28.6 Å². The largest absolute Gasteiger partial charge is 0.494 e. The van der Waals surface area contributed by atoms with Crippen LogP contribution >= 0.6 is 11.6 Å². The van der Waals surface area contributed by atoms with Crippen molar-refractivity contribution in [2.45, 2.75) is 20.3 Å². The van der Waals surface area contributed by atoms with E-state index in [0.29, 0.717) is 46.5 Å². The number of hydrazone groups is 1. The van der Waals surface area contributed by atoms with Crippen molar-refractivity contribution >= 4 is 41.3 Å². The summed E-state index contributed by atoms with van der Waals surface area (Å²) in [6.45, 7) is 4.73. The first-order valence-electron chi connectivity index (χ1n) is 11.5. The number of carbonyl (C=O) groups is 3. The van der Waals surface area contributed by atoms with Crippen LogP contribution in [-0.4, -0.2) is 37.2 Å². The molecule has 0 aliphatic carbocycles. The van der Waals surface area contributed by atoms with Crippen LogP contribution in [0.15, 0.2) is 71.8 Å². The molecule has 10 heteroatoms. The third kappa shape index (κ3) is 8.36. The summed E-state index contributed by atoms with van der Waals surface area (Å²) in [5, 5.41) is 6.75. The molecule has 0 saturated heterocycles. The summed E-state index contributed by atoms with van der Waals surface area (Å²) >= 11 is 5.80. The molecule has 0 spiro atoms. The SMILES string of the molecule is CCCOc1ccc(C(=O)Oc2ccc(C=NNC(=O)C(=O)Nc3ccc(Cl)cc3)cc2OCC)cc1. The number of nitrogens with zero attached hydrogens (tertiary/aromatic N) is 1. The molecule has 0 saturated carbocycles. The number of anilines is 1. The topological polar surface area (TPSA) is 115 Å². The summed E-state index contributed by atoms with van der Waals surface area (Å²) in [6.07, 6.45) is 2.22. The van der Waals surface area contributed by atoms with Gasteiger partial charge in [-0.2, -0.15) is 5.10 Å². The number of hydrogen-bond acceptors (Lipinski definition) is 7. The van der Waals surface area contributed by atoms with Crippen LogP contribution in [0.1, 0.15) is 36.2 Å². The Morgan fingerprint density at radius 3 is 2.30 bits per heavy atom. The molecule has 0 aliphatic heterocycles. The van der Waals surface area contributed by atoms with E-state index in [1.807, 2.05) is 6.92 Å². The number of amides is 2. The molecule has 0 atom stereocenters. The quantitative estimate of drug-likeness (QED) is 0.129. The van der Waals surface area contributed by atoms with E-state index >= 15 is 0 Å². The number of nitrogens with one attached hydrogen (secondary N) is 2. The van der Waals surface area contributed by atoms with Gasteiger partial charge in [-0.15, -0.1) is 0 Å². The van der Waals surface area contributed by atoms with Crippen LogP contribution in [0.3, 0.4) is 0 Å². The van der Waals surface area contributed by atoms with Crippen molar-refractivity contribution in [1.82, 2.24) is 5.43 Å². The number of esters is 1. The molecule has 0 fully saturated rings. The number of rotatable bonds is 10. The zero-order valence-corrected chi connectivity index (χ0v) is 21.1. The highest BCUT2D eigenvalue weighted by atomic mass is 35.5. The second-order valence-electron chi connectivity index (χ2n) is 7.56. The van der Waals surface area contributed by atoms with Gasteiger partial charge in [0.25, 0.3) is 0 Å². The van der Waals surface area contributed by atoms with Crippen LogP contribution in [0.4, 0.5) is 5.69 Å². The molecule has 3 rings (SSSR count). The van der Waals surface area contributed by atoms with Gasteiger partial charge in [-0.25, -0.2) is 10.2 Å². The fraction of sp³-hybridized carbons (Fsp3) is 0.185. The Morgan fingerprint density at radius 1 is 0.892 bits per heavy atom. The van der Waals surface area contributed by atoms with Gasteiger partial charge < -0.3 is 19.5 Å². The van der Waals surface area contributed by atoms with Gasteiger partial charge in [-0.1, -0.05) is 18.5 Å². The minimum atomic E-state index is -0.951. The van der Waals surface area contributed by atoms with E-state index < -0.39 is 17.8 Å². The van der Waals surface area contributed by atoms with Crippen molar-refractivity contribution in [2.75, 3.05) is 18.5 Å². The summed E-state index contributed by atoms with van der Waals surface area (Å²) in [5.41, 5.74) is 3.47. The van der Waals surface area contributed by atoms with Crippen LogP contribution in [-0.2, 0) is 9.59 Å². The van der Waals surface area contributed by atoms with Gasteiger partial charge in [0.1, 0.15) is 5.75 Å². The van der Waals surface area contributed by atoms with Gasteiger partial charge in [0.2, 0.25) is 0 Å². The predicted molar refractivity (Wildman–Crippen MR) is 141 cm³/mol. The molecule has 9 nitrogen and oxygen atoms in total. The molecule has 0 radical (unpaired) electrons. The molecule has 0 aromatic heterocycles. The predicted octanol–water partition coefficient (Wildman–Crippen LogP) is 4.84. The molecular formula is C27H26ClN3O6. The maximum Gasteiger partial charge on any atom is 0.343 e. The molecule has 0 bridgehead atoms. The first kappa shape index (κ1) is 27.2. The number of halogens is 1. The Kier molecular flexibility index (Phi) is 10.0. The zero-order chi connectivity index (χ0) is 26.6. The van der Waals surface area contributed by atoms with Crippen LogP contribution < -0.4 is 25.0 Å². The van der Waals surface area contributed by atoms with E-state index in [9.17, 15) is 14.4 Å². The number of hydrogen-bond donors (Lipinski definition) is 2. The lowest BCUT2D eigenvalue weighted by molar-refractivity contribution is -0.136. The van der Waals surface area contributed by atoms with Crippen molar-refractivity contribution in [1.29, 1.82) is 0 Å². The van der Waals surface area contributed by atoms with Crippen molar-refractivity contribution in [3.8, 4) is 17.2 Å². The highest BCUT2D eigenvalue weighted by molar-refractivity contribution is 6.39. The second-order valence-corrected chi connectivity index (χ2v) is 8.00. The van der Waals surface area contributed by atoms with Crippen LogP contribution in [0.25, 0.3) is 0 Å². The van der Waals surface area contributed by atoms with E-state index in [1.54, 1.807) is 73.7 Å². The average Bonchev–Trinajstić information content (AvgIpc) is 2.90. The second kappa shape index (κ2) is 13.6. The normalized spacial score (nSPS) is 10.6. The standard InChI is InChI=1S/C27H26ClN3O6/c1-3-15-36-22-12-6-19(7-13-22)27(34)37-23-14-5-18(16-24(23)35-4-2)17-29-31-26(33)25(32)30-21-10-8-20(28)9-11-21/h5-14,16-17H,3-4,15H2,1-2H3,(H,30,32)(H,31,33). The maximum atomic E-state index is 12.6. The lowest BCUT2D eigenvalue weighted by Gasteiger charge is -2.12. The minimum Gasteiger partial charge on any atom is -0.494 e. The Hall–Kier alpha value is -4.37. The Bertz CT molecular complexity index is 1260. The maximum absolute atomic E-state index is 12.6. The van der Waals surface area contributed by atoms with Gasteiger partial charge in [-0.3, -0.25) is 9.59 Å². The third-order valence-corrected chi connectivity index (χ3v) is 4.97. The number of carbonyl (C=O) groups excluding carboxylic acids is 3. The van der Waals surface area contributed by atoms with Crippen molar-refractivity contribution in [2.24, 2.45) is 5.10 Å². The summed E-state index contributed by atoms with van der Waals surface area (Å²) in [4.78, 5) is 36.6. The molecule has 0 heterocycles. The molecule has 192 valence electrons. The molecule has 37 heavy (non-hydrogen) atoms. The molecule has 3 aromatic carbocycles. The van der Waals surface area contributed by atoms with Gasteiger partial charge in [0.05, 0.1) is 25.0 Å². The molecule has 2 N–H and O–H groups in total. The fourth-order valence-corrected chi connectivity index (χ4v) is 3.09. The Balaban J connectivity index is 1.60. The molecular weight excluding hydrogens is 498 g/mol. The van der Waals surface area contributed by atoms with Gasteiger partial charge in [-0.05, 0) is 85.6 Å². The van der Waals surface area contributed by atoms with Gasteiger partial charge >= 0.3 is 17.8 Å². The number of ether oxygens (including phenoxy) is 3. The number of benzene rings is 3. The average molecular weight is 524 g/mol. The van der Waals surface area contributed by atoms with Crippen LogP contribution in [0.2, 0.25) is 5.02 Å². The van der Waals surface area contributed by atoms with E-state index in [4.69, 9.17) is 25.8 Å². The van der Waals surface area contributed by atoms with Crippen LogP contribution in [0.5, 0.6) is 17.2 Å². The Labute approximate surface area is 219 Å². The van der Waals surface area contributed by atoms with Gasteiger partial charge in [0, 0.05) is 10.7 Å². The lowest BCUT2D eigenvalue weighted by Crippen LogP contribution is -2.32. The lowest BCUT2D eigenvalue weighted by atomic mass is 10.2. The third-order valence-electron chi connectivity index (χ3n) is 4.72. The molecule has 0 aliphatic rings. The van der Waals surface area contributed by atoms with Gasteiger partial charge in [0.15, 0.2) is 11.5 Å². The highest BCUT2D eigenvalue weighted by Gasteiger charge is 2.15. The van der Waals surface area contributed by atoms with Crippen molar-refractivity contribution in [3.63, 3.8) is 0 Å². The van der Waals surface area contributed by atoms with Crippen LogP contribution in [0, 0.1) is 0 Å². The summed E-state index contributed by atoms with van der Waals surface area (Å²) in [5.74, 6) is -1.18. The Morgan fingerprint density at radius 2 is 1.62 bits per heavy atom. The molecule has 3 aromatic rings. The van der Waals surface area contributed by atoms with E-state index in [2.05, 4.69) is 15.8 Å². The summed E-state index contributed by atoms with van der Waals surface area (Å²) in [7, 11) is 0. The van der Waals surface area contributed by atoms with E-state index in [0.717, 1.165) is 6.42 Å². The first-order valence-corrected chi connectivity index (χ1v) is 11.9. The van der Waals surface area contributed by atoms with Crippen molar-refractivity contribution in [3.05, 3.63) is 82.9 Å². The summed E-state index contributed by atoms with van der Waals surface area (Å²) < 4.78 is 16.6. The fourth-order valence-electron chi connectivity index (χ4n) is 2.96. The minimum absolute atomic E-state index is 0.224. The monoisotopic (exact) mass is 523 g/mol. The smallest absolute Gasteiger partial charge is 0.343 e. The van der Waals surface area contributed by atoms with E-state index in [-0.39, 0.29) is 5.75 Å². The first-order chi connectivity index (χ1) is 17.9. The summed E-state index contributed by atoms with van der Waals surface area (Å²) in [6, 6.07) is 17.7. The molecule has 2 amide bonds. The highest BCUT2D eigenvalue weighted by Crippen LogP contribution is 2.29. The van der Waals surface area contributed by atoms with E-state index in [1.165, 1.54) is 6.21 Å². The zero-order valence-electron chi connectivity index (χ0n) is 20.3.